The van der Waals surface area contributed by atoms with Crippen molar-refractivity contribution in [2.24, 2.45) is 5.92 Å². The third-order valence-electron chi connectivity index (χ3n) is 2.72. The van der Waals surface area contributed by atoms with Gasteiger partial charge in [0, 0.05) is 12.7 Å². The van der Waals surface area contributed by atoms with Gasteiger partial charge >= 0.3 is 0 Å². The topological polar surface area (TPSA) is 48.7 Å². The van der Waals surface area contributed by atoms with Gasteiger partial charge in [0.25, 0.3) is 0 Å². The van der Waals surface area contributed by atoms with Crippen LogP contribution in [0.2, 0.25) is 0 Å². The van der Waals surface area contributed by atoms with Crippen molar-refractivity contribution < 1.29 is 0 Å². The molecule has 1 aromatic heterocycles. The van der Waals surface area contributed by atoms with Crippen LogP contribution in [0.5, 0.6) is 0 Å². The smallest absolute Gasteiger partial charge is 0.163 e. The number of anilines is 1. The first-order chi connectivity index (χ1) is 7.40. The number of hydrogen-bond donors (Lipinski definition) is 1. The highest BCUT2D eigenvalue weighted by molar-refractivity contribution is 5.53. The van der Waals surface area contributed by atoms with Crippen LogP contribution in [0, 0.1) is 17.2 Å². The largest absolute Gasteiger partial charge is 0.383 e. The molecule has 2 rings (SSSR count). The van der Waals surface area contributed by atoms with Crippen molar-refractivity contribution >= 4 is 5.69 Å². The fourth-order valence-corrected chi connectivity index (χ4v) is 1.66. The summed E-state index contributed by atoms with van der Waals surface area (Å²) in [6.45, 7) is 0.941. The molecule has 1 aliphatic rings. The minimum absolute atomic E-state index is 0.490. The number of nitrogens with one attached hydrogen (secondary N) is 1. The molecule has 0 spiro atoms. The second kappa shape index (κ2) is 4.79. The van der Waals surface area contributed by atoms with Crippen molar-refractivity contribution in [2.75, 3.05) is 11.9 Å². The average Bonchev–Trinajstić information content (AvgIpc) is 3.09. The molecule has 1 fully saturated rings. The minimum atomic E-state index is 0.490. The summed E-state index contributed by atoms with van der Waals surface area (Å²) in [6, 6.07) is 5.84. The van der Waals surface area contributed by atoms with Gasteiger partial charge in [0.15, 0.2) is 5.69 Å². The number of nitriles is 1. The van der Waals surface area contributed by atoms with Crippen LogP contribution in [0.3, 0.4) is 0 Å². The second-order valence-corrected chi connectivity index (χ2v) is 4.02. The Morgan fingerprint density at radius 1 is 1.53 bits per heavy atom. The van der Waals surface area contributed by atoms with E-state index < -0.39 is 0 Å². The van der Waals surface area contributed by atoms with Crippen LogP contribution in [-0.2, 0) is 0 Å². The molecule has 0 atom stereocenters. The predicted octanol–water partition coefficient (Wildman–Crippen LogP) is 2.56. The standard InChI is InChI=1S/C12H15N3/c13-9-12-11(4-2-8-15-12)14-7-1-3-10-5-6-10/h2,4,8,10,14H,1,3,5-7H2. The van der Waals surface area contributed by atoms with Gasteiger partial charge in [-0.15, -0.1) is 0 Å². The molecule has 1 aromatic rings. The van der Waals surface area contributed by atoms with Gasteiger partial charge in [-0.25, -0.2) is 4.98 Å². The van der Waals surface area contributed by atoms with Crippen LogP contribution < -0.4 is 5.32 Å². The second-order valence-electron chi connectivity index (χ2n) is 4.02. The summed E-state index contributed by atoms with van der Waals surface area (Å²) in [5.41, 5.74) is 1.35. The summed E-state index contributed by atoms with van der Waals surface area (Å²) >= 11 is 0. The summed E-state index contributed by atoms with van der Waals surface area (Å²) in [4.78, 5) is 4.00. The summed E-state index contributed by atoms with van der Waals surface area (Å²) in [5, 5.41) is 12.1. The molecule has 3 heteroatoms. The van der Waals surface area contributed by atoms with E-state index in [0.717, 1.165) is 18.2 Å². The third-order valence-corrected chi connectivity index (χ3v) is 2.72. The maximum absolute atomic E-state index is 8.82. The van der Waals surface area contributed by atoms with Crippen molar-refractivity contribution in [1.29, 1.82) is 5.26 Å². The molecule has 78 valence electrons. The molecule has 1 heterocycles. The first kappa shape index (κ1) is 9.97. The Morgan fingerprint density at radius 2 is 2.40 bits per heavy atom. The van der Waals surface area contributed by atoms with E-state index in [-0.39, 0.29) is 0 Å². The van der Waals surface area contributed by atoms with Gasteiger partial charge in [-0.05, 0) is 30.9 Å². The van der Waals surface area contributed by atoms with Crippen molar-refractivity contribution in [3.63, 3.8) is 0 Å². The van der Waals surface area contributed by atoms with E-state index in [1.54, 1.807) is 6.20 Å². The first-order valence-corrected chi connectivity index (χ1v) is 5.49. The number of pyridine rings is 1. The van der Waals surface area contributed by atoms with Gasteiger partial charge in [0.2, 0.25) is 0 Å². The number of hydrogen-bond acceptors (Lipinski definition) is 3. The van der Waals surface area contributed by atoms with Gasteiger partial charge < -0.3 is 5.32 Å². The molecule has 15 heavy (non-hydrogen) atoms. The van der Waals surface area contributed by atoms with Crippen molar-refractivity contribution in [1.82, 2.24) is 4.98 Å². The van der Waals surface area contributed by atoms with E-state index in [2.05, 4.69) is 16.4 Å². The molecular weight excluding hydrogens is 186 g/mol. The lowest BCUT2D eigenvalue weighted by molar-refractivity contribution is 0.687. The molecule has 0 radical (unpaired) electrons. The van der Waals surface area contributed by atoms with E-state index >= 15 is 0 Å². The van der Waals surface area contributed by atoms with Gasteiger partial charge in [0.1, 0.15) is 6.07 Å². The fraction of sp³-hybridized carbons (Fsp3) is 0.500. The Labute approximate surface area is 90.1 Å². The molecular formula is C12H15N3. The van der Waals surface area contributed by atoms with Crippen molar-refractivity contribution in [3.05, 3.63) is 24.0 Å². The lowest BCUT2D eigenvalue weighted by Gasteiger charge is -2.06. The lowest BCUT2D eigenvalue weighted by atomic mass is 10.2. The van der Waals surface area contributed by atoms with Crippen LogP contribution in [0.15, 0.2) is 18.3 Å². The van der Waals surface area contributed by atoms with E-state index in [0.29, 0.717) is 5.69 Å². The van der Waals surface area contributed by atoms with E-state index in [1.165, 1.54) is 25.7 Å². The highest BCUT2D eigenvalue weighted by atomic mass is 14.9. The Morgan fingerprint density at radius 3 is 3.13 bits per heavy atom. The maximum Gasteiger partial charge on any atom is 0.163 e. The summed E-state index contributed by atoms with van der Waals surface area (Å²) < 4.78 is 0. The van der Waals surface area contributed by atoms with Gasteiger partial charge in [-0.3, -0.25) is 0 Å². The molecule has 0 aromatic carbocycles. The Hall–Kier alpha value is -1.56. The van der Waals surface area contributed by atoms with E-state index in [9.17, 15) is 0 Å². The van der Waals surface area contributed by atoms with Gasteiger partial charge in [-0.1, -0.05) is 12.8 Å². The molecule has 0 amide bonds. The van der Waals surface area contributed by atoms with Crippen molar-refractivity contribution in [2.45, 2.75) is 25.7 Å². The number of nitrogens with zero attached hydrogens (tertiary/aromatic N) is 2. The zero-order valence-electron chi connectivity index (χ0n) is 8.74. The van der Waals surface area contributed by atoms with Crippen LogP contribution in [0.1, 0.15) is 31.4 Å². The monoisotopic (exact) mass is 201 g/mol. The number of aromatic nitrogens is 1. The summed E-state index contributed by atoms with van der Waals surface area (Å²) in [6.07, 6.45) is 6.97. The average molecular weight is 201 g/mol. The van der Waals surface area contributed by atoms with Crippen molar-refractivity contribution in [3.8, 4) is 6.07 Å². The van der Waals surface area contributed by atoms with Crippen LogP contribution >= 0.6 is 0 Å². The Bertz CT molecular complexity index is 363. The minimum Gasteiger partial charge on any atom is -0.383 e. The third kappa shape index (κ3) is 2.95. The molecule has 1 N–H and O–H groups in total. The zero-order chi connectivity index (χ0) is 10.5. The van der Waals surface area contributed by atoms with Gasteiger partial charge in [-0.2, -0.15) is 5.26 Å². The summed E-state index contributed by atoms with van der Waals surface area (Å²) in [7, 11) is 0. The number of rotatable bonds is 5. The molecule has 0 aliphatic heterocycles. The van der Waals surface area contributed by atoms with E-state index in [1.807, 2.05) is 12.1 Å². The van der Waals surface area contributed by atoms with Crippen LogP contribution in [0.25, 0.3) is 0 Å². The quantitative estimate of drug-likeness (QED) is 0.745. The Kier molecular flexibility index (Phi) is 3.18. The van der Waals surface area contributed by atoms with Gasteiger partial charge in [0.05, 0.1) is 5.69 Å². The first-order valence-electron chi connectivity index (χ1n) is 5.49. The highest BCUT2D eigenvalue weighted by Crippen LogP contribution is 2.33. The molecule has 3 nitrogen and oxygen atoms in total. The molecule has 0 saturated heterocycles. The van der Waals surface area contributed by atoms with Crippen LogP contribution in [0.4, 0.5) is 5.69 Å². The molecule has 1 aliphatic carbocycles. The Balaban J connectivity index is 1.79. The summed E-state index contributed by atoms with van der Waals surface area (Å²) in [5.74, 6) is 0.983. The molecule has 0 unspecified atom stereocenters. The fourth-order valence-electron chi connectivity index (χ4n) is 1.66. The normalized spacial score (nSPS) is 14.6. The zero-order valence-corrected chi connectivity index (χ0v) is 8.74. The molecule has 1 saturated carbocycles. The predicted molar refractivity (Wildman–Crippen MR) is 59.4 cm³/mol. The lowest BCUT2D eigenvalue weighted by Crippen LogP contribution is -2.04. The molecule has 0 bridgehead atoms. The van der Waals surface area contributed by atoms with E-state index in [4.69, 9.17) is 5.26 Å². The highest BCUT2D eigenvalue weighted by Gasteiger charge is 2.19. The maximum atomic E-state index is 8.82. The SMILES string of the molecule is N#Cc1ncccc1NCCCC1CC1. The van der Waals surface area contributed by atoms with Crippen LogP contribution in [-0.4, -0.2) is 11.5 Å².